The van der Waals surface area contributed by atoms with E-state index in [0.29, 0.717) is 0 Å². The third kappa shape index (κ3) is 3.14. The van der Waals surface area contributed by atoms with Gasteiger partial charge in [-0.05, 0) is 18.5 Å². The fraction of sp³-hybridized carbons (Fsp3) is 1.00. The first-order chi connectivity index (χ1) is 5.27. The van der Waals surface area contributed by atoms with Gasteiger partial charge in [-0.1, -0.05) is 26.2 Å². The first-order valence-corrected chi connectivity index (χ1v) is 7.93. The number of unbranched alkanes of at least 4 members (excludes halogenated alkanes) is 1. The van der Waals surface area contributed by atoms with Gasteiger partial charge in [-0.3, -0.25) is 0 Å². The molecule has 1 fully saturated rings. The predicted octanol–water partition coefficient (Wildman–Crippen LogP) is 3.28. The van der Waals surface area contributed by atoms with Crippen molar-refractivity contribution in [3.63, 3.8) is 0 Å². The third-order valence-electron chi connectivity index (χ3n) is 2.21. The fourth-order valence-electron chi connectivity index (χ4n) is 1.45. The summed E-state index contributed by atoms with van der Waals surface area (Å²) in [7, 11) is -1.65. The number of halogens is 1. The molecule has 0 aliphatic carbocycles. The number of hydrogen-bond acceptors (Lipinski definition) is 1. The molecule has 0 aromatic rings. The topological polar surface area (TPSA) is 9.23 Å². The van der Waals surface area contributed by atoms with Gasteiger partial charge in [0, 0.05) is 6.61 Å². The second-order valence-corrected chi connectivity index (χ2v) is 8.41. The van der Waals surface area contributed by atoms with E-state index < -0.39 is 7.63 Å². The molecule has 0 N–H and O–H groups in total. The Balaban J connectivity index is 2.13. The summed E-state index contributed by atoms with van der Waals surface area (Å²) in [6.45, 7) is 3.08. The third-order valence-corrected chi connectivity index (χ3v) is 6.59. The SMILES string of the molecule is CCCCO[Si]1(Cl)CCCC1. The van der Waals surface area contributed by atoms with Crippen molar-refractivity contribution < 1.29 is 4.43 Å². The summed E-state index contributed by atoms with van der Waals surface area (Å²) >= 11 is 6.32. The summed E-state index contributed by atoms with van der Waals surface area (Å²) in [4.78, 5) is 0. The van der Waals surface area contributed by atoms with Crippen LogP contribution in [0.25, 0.3) is 0 Å². The highest BCUT2D eigenvalue weighted by Gasteiger charge is 2.36. The Kier molecular flexibility index (Phi) is 3.89. The van der Waals surface area contributed by atoms with Gasteiger partial charge in [0.15, 0.2) is 0 Å². The maximum absolute atomic E-state index is 6.32. The van der Waals surface area contributed by atoms with Crippen molar-refractivity contribution in [1.82, 2.24) is 0 Å². The summed E-state index contributed by atoms with van der Waals surface area (Å²) in [5, 5.41) is 0. The predicted molar refractivity (Wildman–Crippen MR) is 51.3 cm³/mol. The molecule has 1 aliphatic heterocycles. The average Bonchev–Trinajstić information content (AvgIpc) is 2.38. The summed E-state index contributed by atoms with van der Waals surface area (Å²) in [5.41, 5.74) is 0. The van der Waals surface area contributed by atoms with E-state index in [1.165, 1.54) is 37.8 Å². The van der Waals surface area contributed by atoms with Gasteiger partial charge in [-0.2, -0.15) is 0 Å². The highest BCUT2D eigenvalue weighted by Crippen LogP contribution is 2.34. The molecule has 0 aromatic carbocycles. The van der Waals surface area contributed by atoms with E-state index in [-0.39, 0.29) is 0 Å². The second kappa shape index (κ2) is 4.48. The van der Waals surface area contributed by atoms with E-state index in [1.54, 1.807) is 0 Å². The molecule has 1 nitrogen and oxygen atoms in total. The quantitative estimate of drug-likeness (QED) is 0.378. The zero-order chi connectivity index (χ0) is 8.16. The van der Waals surface area contributed by atoms with E-state index in [2.05, 4.69) is 6.92 Å². The van der Waals surface area contributed by atoms with Crippen molar-refractivity contribution in [3.05, 3.63) is 0 Å². The Labute approximate surface area is 74.9 Å². The lowest BCUT2D eigenvalue weighted by molar-refractivity contribution is 0.307. The van der Waals surface area contributed by atoms with Gasteiger partial charge in [-0.15, -0.1) is 11.1 Å². The zero-order valence-corrected chi connectivity index (χ0v) is 8.99. The van der Waals surface area contributed by atoms with Crippen LogP contribution in [0.5, 0.6) is 0 Å². The van der Waals surface area contributed by atoms with E-state index >= 15 is 0 Å². The molecule has 0 amide bonds. The standard InChI is InChI=1S/C8H17ClOSi/c1-2-3-6-10-11(9)7-4-5-8-11/h2-8H2,1H3. The van der Waals surface area contributed by atoms with Crippen LogP contribution in [0.1, 0.15) is 32.6 Å². The summed E-state index contributed by atoms with van der Waals surface area (Å²) in [6.07, 6.45) is 4.96. The molecule has 3 heteroatoms. The number of hydrogen-bond donors (Lipinski definition) is 0. The smallest absolute Gasteiger partial charge is 0.290 e. The zero-order valence-electron chi connectivity index (χ0n) is 7.24. The first-order valence-electron chi connectivity index (χ1n) is 4.60. The van der Waals surface area contributed by atoms with Crippen molar-refractivity contribution in [2.75, 3.05) is 6.61 Å². The van der Waals surface area contributed by atoms with Gasteiger partial charge < -0.3 is 4.43 Å². The van der Waals surface area contributed by atoms with Gasteiger partial charge in [0.05, 0.1) is 0 Å². The molecule has 0 unspecified atom stereocenters. The molecule has 11 heavy (non-hydrogen) atoms. The molecule has 0 atom stereocenters. The Hall–Kier alpha value is 0.467. The van der Waals surface area contributed by atoms with Crippen LogP contribution in [-0.4, -0.2) is 14.2 Å². The second-order valence-electron chi connectivity index (χ2n) is 3.29. The fourth-order valence-corrected chi connectivity index (χ4v) is 5.08. The normalized spacial score (nSPS) is 22.4. The number of rotatable bonds is 4. The van der Waals surface area contributed by atoms with Crippen LogP contribution in [-0.2, 0) is 4.43 Å². The largest absolute Gasteiger partial charge is 0.403 e. The molecule has 1 saturated heterocycles. The lowest BCUT2D eigenvalue weighted by Gasteiger charge is -2.17. The van der Waals surface area contributed by atoms with Crippen molar-refractivity contribution in [2.45, 2.75) is 44.7 Å². The molecule has 0 bridgehead atoms. The molecule has 1 heterocycles. The Bertz CT molecular complexity index is 113. The van der Waals surface area contributed by atoms with Gasteiger partial charge in [0.25, 0.3) is 7.63 Å². The molecule has 66 valence electrons. The van der Waals surface area contributed by atoms with Gasteiger partial charge in [0.2, 0.25) is 0 Å². The molecule has 1 rings (SSSR count). The Morgan fingerprint density at radius 1 is 1.36 bits per heavy atom. The van der Waals surface area contributed by atoms with Crippen LogP contribution in [0, 0.1) is 0 Å². The van der Waals surface area contributed by atoms with E-state index in [9.17, 15) is 0 Å². The maximum Gasteiger partial charge on any atom is 0.290 e. The molecular weight excluding hydrogens is 176 g/mol. The van der Waals surface area contributed by atoms with E-state index in [0.717, 1.165) is 6.61 Å². The monoisotopic (exact) mass is 192 g/mol. The van der Waals surface area contributed by atoms with Gasteiger partial charge in [0.1, 0.15) is 0 Å². The lowest BCUT2D eigenvalue weighted by Crippen LogP contribution is -2.27. The maximum atomic E-state index is 6.32. The Morgan fingerprint density at radius 3 is 2.55 bits per heavy atom. The molecule has 0 saturated carbocycles. The molecular formula is C8H17ClOSi. The Morgan fingerprint density at radius 2 is 2.00 bits per heavy atom. The van der Waals surface area contributed by atoms with E-state index in [1.807, 2.05) is 0 Å². The minimum Gasteiger partial charge on any atom is -0.403 e. The van der Waals surface area contributed by atoms with Crippen molar-refractivity contribution >= 4 is 18.7 Å². The van der Waals surface area contributed by atoms with E-state index in [4.69, 9.17) is 15.5 Å². The minimum atomic E-state index is -1.65. The minimum absolute atomic E-state index is 0.895. The molecule has 0 aromatic heterocycles. The first kappa shape index (κ1) is 9.55. The summed E-state index contributed by atoms with van der Waals surface area (Å²) in [5.74, 6) is 0. The van der Waals surface area contributed by atoms with Crippen molar-refractivity contribution in [2.24, 2.45) is 0 Å². The summed E-state index contributed by atoms with van der Waals surface area (Å²) < 4.78 is 5.74. The lowest BCUT2D eigenvalue weighted by atomic mass is 10.4. The van der Waals surface area contributed by atoms with Crippen LogP contribution in [0.3, 0.4) is 0 Å². The molecule has 0 spiro atoms. The average molecular weight is 193 g/mol. The van der Waals surface area contributed by atoms with Crippen molar-refractivity contribution in [3.8, 4) is 0 Å². The van der Waals surface area contributed by atoms with Gasteiger partial charge >= 0.3 is 0 Å². The highest BCUT2D eigenvalue weighted by molar-refractivity contribution is 7.17. The van der Waals surface area contributed by atoms with Crippen molar-refractivity contribution in [1.29, 1.82) is 0 Å². The van der Waals surface area contributed by atoms with Crippen LogP contribution >= 0.6 is 11.1 Å². The molecule has 0 radical (unpaired) electrons. The summed E-state index contributed by atoms with van der Waals surface area (Å²) in [6, 6.07) is 2.36. The van der Waals surface area contributed by atoms with Crippen LogP contribution < -0.4 is 0 Å². The van der Waals surface area contributed by atoms with Crippen LogP contribution in [0.15, 0.2) is 0 Å². The van der Waals surface area contributed by atoms with Crippen LogP contribution in [0.2, 0.25) is 12.1 Å². The molecule has 1 aliphatic rings. The highest BCUT2D eigenvalue weighted by atomic mass is 35.6. The van der Waals surface area contributed by atoms with Crippen LogP contribution in [0.4, 0.5) is 0 Å². The van der Waals surface area contributed by atoms with Gasteiger partial charge in [-0.25, -0.2) is 0 Å².